The third kappa shape index (κ3) is 4.03. The van der Waals surface area contributed by atoms with E-state index < -0.39 is 39.9 Å². The second kappa shape index (κ2) is 8.17. The van der Waals surface area contributed by atoms with Crippen LogP contribution in [0.15, 0.2) is 22.2 Å². The van der Waals surface area contributed by atoms with Gasteiger partial charge in [0, 0.05) is 31.9 Å². The van der Waals surface area contributed by atoms with Crippen molar-refractivity contribution in [1.82, 2.24) is 14.5 Å². The summed E-state index contributed by atoms with van der Waals surface area (Å²) >= 11 is 0. The number of carbonyl (C=O) groups excluding carboxylic acids is 1. The Morgan fingerprint density at radius 1 is 1.25 bits per heavy atom. The van der Waals surface area contributed by atoms with E-state index in [1.807, 2.05) is 0 Å². The molecule has 0 bridgehead atoms. The van der Waals surface area contributed by atoms with Crippen LogP contribution in [0.2, 0.25) is 0 Å². The molecule has 3 fully saturated rings. The molecule has 36 heavy (non-hydrogen) atoms. The number of carboxylic acid groups (broad SMARTS) is 1. The molecule has 12 heteroatoms. The number of rotatable bonds is 4. The summed E-state index contributed by atoms with van der Waals surface area (Å²) in [5, 5.41) is 13.5. The number of halogens is 1. The van der Waals surface area contributed by atoms with Crippen molar-refractivity contribution in [3.05, 3.63) is 33.9 Å². The lowest BCUT2D eigenvalue weighted by molar-refractivity contribution is -0.0102. The summed E-state index contributed by atoms with van der Waals surface area (Å²) in [6.45, 7) is 6.63. The number of carboxylic acids is 1. The van der Waals surface area contributed by atoms with Crippen molar-refractivity contribution >= 4 is 34.6 Å². The van der Waals surface area contributed by atoms with Gasteiger partial charge in [-0.3, -0.25) is 4.79 Å². The number of hydrogen-bond donors (Lipinski definition) is 1. The summed E-state index contributed by atoms with van der Waals surface area (Å²) < 4.78 is 22.5. The van der Waals surface area contributed by atoms with Crippen LogP contribution in [-0.2, 0) is 9.57 Å². The number of carbonyl (C=O) groups is 2. The summed E-state index contributed by atoms with van der Waals surface area (Å²) in [5.74, 6) is -2.06. The van der Waals surface area contributed by atoms with Gasteiger partial charge in [0.15, 0.2) is 11.6 Å². The topological polar surface area (TPSA) is 127 Å². The van der Waals surface area contributed by atoms with Crippen molar-refractivity contribution in [2.45, 2.75) is 45.3 Å². The van der Waals surface area contributed by atoms with Gasteiger partial charge in [-0.25, -0.2) is 19.0 Å². The fourth-order valence-electron chi connectivity index (χ4n) is 4.91. The van der Waals surface area contributed by atoms with Crippen LogP contribution in [0.25, 0.3) is 11.0 Å². The van der Waals surface area contributed by atoms with Gasteiger partial charge in [0.25, 0.3) is 0 Å². The van der Waals surface area contributed by atoms with Crippen LogP contribution in [0.5, 0.6) is 0 Å². The Bertz CT molecular complexity index is 1350. The molecule has 4 heterocycles. The molecule has 1 saturated carbocycles. The highest BCUT2D eigenvalue weighted by atomic mass is 19.1. The molecule has 1 aliphatic carbocycles. The Morgan fingerprint density at radius 2 is 1.94 bits per heavy atom. The fraction of sp³-hybridized carbons (Fsp3) is 0.542. The minimum absolute atomic E-state index is 0.0153. The standard InChI is InChI=1S/C24H28FN5O6/c1-23(2,3)36-22(34)29-11-24(12-29)10-28(9-17(24)27-35-4)20-16(25)7-14-18(31)15(21(32)33)8-30(13-5-6-13)19(14)26-20/h7-8,13H,5-6,9-12H2,1-4H3,(H,32,33). The molecule has 0 atom stereocenters. The molecule has 0 radical (unpaired) electrons. The Balaban J connectivity index is 1.49. The third-order valence-electron chi connectivity index (χ3n) is 6.70. The summed E-state index contributed by atoms with van der Waals surface area (Å²) in [6, 6.07) is 1.08. The minimum atomic E-state index is -1.36. The summed E-state index contributed by atoms with van der Waals surface area (Å²) in [5.41, 5.74) is -1.43. The lowest BCUT2D eigenvalue weighted by Gasteiger charge is -2.47. The van der Waals surface area contributed by atoms with E-state index >= 15 is 4.39 Å². The molecular weight excluding hydrogens is 473 g/mol. The van der Waals surface area contributed by atoms with Crippen molar-refractivity contribution in [3.63, 3.8) is 0 Å². The van der Waals surface area contributed by atoms with Gasteiger partial charge in [-0.1, -0.05) is 5.16 Å². The van der Waals surface area contributed by atoms with E-state index in [1.165, 1.54) is 13.3 Å². The summed E-state index contributed by atoms with van der Waals surface area (Å²) in [6.07, 6.45) is 2.51. The zero-order valence-electron chi connectivity index (χ0n) is 20.6. The molecule has 0 aromatic carbocycles. The van der Waals surface area contributed by atoms with E-state index in [0.717, 1.165) is 18.9 Å². The van der Waals surface area contributed by atoms with Gasteiger partial charge in [-0.2, -0.15) is 0 Å². The van der Waals surface area contributed by atoms with E-state index in [2.05, 4.69) is 10.1 Å². The van der Waals surface area contributed by atoms with Crippen molar-refractivity contribution in [1.29, 1.82) is 0 Å². The van der Waals surface area contributed by atoms with Crippen LogP contribution in [0.4, 0.5) is 15.0 Å². The quantitative estimate of drug-likeness (QED) is 0.634. The molecule has 0 unspecified atom stereocenters. The largest absolute Gasteiger partial charge is 0.477 e. The zero-order valence-corrected chi connectivity index (χ0v) is 20.6. The number of oxime groups is 1. The van der Waals surface area contributed by atoms with Crippen molar-refractivity contribution in [2.75, 3.05) is 38.2 Å². The number of nitrogens with zero attached hydrogens (tertiary/aromatic N) is 5. The van der Waals surface area contributed by atoms with Crippen LogP contribution < -0.4 is 10.3 Å². The highest BCUT2D eigenvalue weighted by Crippen LogP contribution is 2.41. The number of likely N-dealkylation sites (tertiary alicyclic amines) is 1. The average molecular weight is 502 g/mol. The zero-order chi connectivity index (χ0) is 26.0. The lowest BCUT2D eigenvalue weighted by Crippen LogP contribution is -2.63. The normalized spacial score (nSPS) is 20.2. The predicted molar refractivity (Wildman–Crippen MR) is 128 cm³/mol. The van der Waals surface area contributed by atoms with Crippen LogP contribution in [0.1, 0.15) is 50.0 Å². The molecule has 2 saturated heterocycles. The molecular formula is C24H28FN5O6. The molecule has 1 amide bonds. The smallest absolute Gasteiger partial charge is 0.410 e. The maximum Gasteiger partial charge on any atom is 0.410 e. The van der Waals surface area contributed by atoms with Gasteiger partial charge in [0.05, 0.1) is 23.1 Å². The summed E-state index contributed by atoms with van der Waals surface area (Å²) in [7, 11) is 1.43. The number of amides is 1. The Hall–Kier alpha value is -3.70. The number of fused-ring (bicyclic) bond motifs is 1. The first-order valence-corrected chi connectivity index (χ1v) is 11.7. The number of pyridine rings is 2. The number of aromatic carboxylic acids is 1. The monoisotopic (exact) mass is 501 g/mol. The van der Waals surface area contributed by atoms with Gasteiger partial charge in [0.2, 0.25) is 5.43 Å². The first-order chi connectivity index (χ1) is 16.9. The van der Waals surface area contributed by atoms with Gasteiger partial charge < -0.3 is 29.0 Å². The average Bonchev–Trinajstić information content (AvgIpc) is 3.52. The number of aromatic nitrogens is 2. The van der Waals surface area contributed by atoms with Crippen LogP contribution in [0, 0.1) is 11.2 Å². The third-order valence-corrected chi connectivity index (χ3v) is 6.70. The van der Waals surface area contributed by atoms with Crippen LogP contribution >= 0.6 is 0 Å². The highest BCUT2D eigenvalue weighted by molar-refractivity contribution is 5.99. The molecule has 1 spiro atoms. The van der Waals surface area contributed by atoms with E-state index in [4.69, 9.17) is 9.57 Å². The van der Waals surface area contributed by atoms with Crippen LogP contribution in [0.3, 0.4) is 0 Å². The molecule has 2 aromatic rings. The molecule has 1 N–H and O–H groups in total. The SMILES string of the molecule is CON=C1CN(c2nc3c(cc2F)c(=O)c(C(=O)O)cn3C2CC2)CC12CN(C(=O)OC(C)(C)C)C2. The first kappa shape index (κ1) is 24.0. The maximum absolute atomic E-state index is 15.4. The first-order valence-electron chi connectivity index (χ1n) is 11.7. The van der Waals surface area contributed by atoms with E-state index in [9.17, 15) is 19.5 Å². The Labute approximate surface area is 206 Å². The van der Waals surface area contributed by atoms with Crippen molar-refractivity contribution in [2.24, 2.45) is 10.6 Å². The fourth-order valence-corrected chi connectivity index (χ4v) is 4.91. The Kier molecular flexibility index (Phi) is 5.45. The highest BCUT2D eigenvalue weighted by Gasteiger charge is 2.55. The molecule has 11 nitrogen and oxygen atoms in total. The predicted octanol–water partition coefficient (Wildman–Crippen LogP) is 2.63. The molecule has 3 aliphatic rings. The lowest BCUT2D eigenvalue weighted by atomic mass is 9.78. The number of hydrogen-bond acceptors (Lipinski definition) is 8. The van der Waals surface area contributed by atoms with Gasteiger partial charge in [0.1, 0.15) is 23.9 Å². The van der Waals surface area contributed by atoms with E-state index in [0.29, 0.717) is 25.3 Å². The second-order valence-corrected chi connectivity index (χ2v) is 10.7. The molecule has 5 rings (SSSR count). The second-order valence-electron chi connectivity index (χ2n) is 10.7. The van der Waals surface area contributed by atoms with Crippen LogP contribution in [-0.4, -0.2) is 76.2 Å². The number of anilines is 1. The molecule has 192 valence electrons. The molecule has 2 aliphatic heterocycles. The summed E-state index contributed by atoms with van der Waals surface area (Å²) in [4.78, 5) is 49.7. The van der Waals surface area contributed by atoms with Gasteiger partial charge >= 0.3 is 12.1 Å². The molecule has 2 aromatic heterocycles. The van der Waals surface area contributed by atoms with E-state index in [1.54, 1.807) is 35.1 Å². The Morgan fingerprint density at radius 3 is 2.53 bits per heavy atom. The van der Waals surface area contributed by atoms with Gasteiger partial charge in [-0.05, 0) is 39.7 Å². The number of ether oxygens (including phenoxy) is 1. The van der Waals surface area contributed by atoms with E-state index in [-0.39, 0.29) is 29.4 Å². The maximum atomic E-state index is 15.4. The van der Waals surface area contributed by atoms with Gasteiger partial charge in [-0.15, -0.1) is 0 Å². The van der Waals surface area contributed by atoms with Crippen molar-refractivity contribution < 1.29 is 28.7 Å². The van der Waals surface area contributed by atoms with Crippen molar-refractivity contribution in [3.8, 4) is 0 Å². The minimum Gasteiger partial charge on any atom is -0.477 e.